The number of aliphatic carboxylic acids is 1. The van der Waals surface area contributed by atoms with Gasteiger partial charge in [-0.25, -0.2) is 9.67 Å². The second-order valence-electron chi connectivity index (χ2n) is 8.43. The second-order valence-corrected chi connectivity index (χ2v) is 8.43. The van der Waals surface area contributed by atoms with Crippen LogP contribution in [0.4, 0.5) is 5.69 Å². The van der Waals surface area contributed by atoms with Crippen LogP contribution in [0, 0.1) is 5.92 Å². The van der Waals surface area contributed by atoms with Gasteiger partial charge in [-0.3, -0.25) is 24.7 Å². The van der Waals surface area contributed by atoms with Gasteiger partial charge in [0.15, 0.2) is 5.65 Å². The Hall–Kier alpha value is -3.67. The van der Waals surface area contributed by atoms with Crippen molar-refractivity contribution in [1.29, 1.82) is 0 Å². The van der Waals surface area contributed by atoms with Crippen molar-refractivity contribution >= 4 is 40.2 Å². The van der Waals surface area contributed by atoms with E-state index in [-0.39, 0.29) is 12.0 Å². The monoisotopic (exact) mass is 457 g/mol. The fourth-order valence-electron chi connectivity index (χ4n) is 4.43. The summed E-state index contributed by atoms with van der Waals surface area (Å²) in [6, 6.07) is 0.0457. The molecule has 12 heteroatoms. The number of anilines is 1. The zero-order valence-corrected chi connectivity index (χ0v) is 18.2. The van der Waals surface area contributed by atoms with E-state index in [4.69, 9.17) is 16.3 Å². The van der Waals surface area contributed by atoms with Gasteiger partial charge < -0.3 is 21.9 Å². The normalized spacial score (nSPS) is 24.8. The lowest BCUT2D eigenvalue weighted by Gasteiger charge is -2.28. The number of carboxylic acids is 1. The molecule has 176 valence electrons. The van der Waals surface area contributed by atoms with Crippen LogP contribution >= 0.6 is 0 Å². The van der Waals surface area contributed by atoms with Crippen LogP contribution in [0.3, 0.4) is 0 Å². The fourth-order valence-corrected chi connectivity index (χ4v) is 4.43. The Bertz CT molecular complexity index is 1140. The lowest BCUT2D eigenvalue weighted by atomic mass is 9.86. The highest BCUT2D eigenvalue weighted by atomic mass is 16.7. The Morgan fingerprint density at radius 3 is 2.61 bits per heavy atom. The average Bonchev–Trinajstić information content (AvgIpc) is 3.39. The highest BCUT2D eigenvalue weighted by molar-refractivity contribution is 5.99. The highest BCUT2D eigenvalue weighted by Gasteiger charge is 2.43. The molecule has 0 radical (unpaired) electrons. The van der Waals surface area contributed by atoms with E-state index in [1.807, 2.05) is 6.92 Å². The molecule has 4 rings (SSSR count). The number of nitrogens with zero attached hydrogens (tertiary/aromatic N) is 3. The molecule has 3 heterocycles. The predicted octanol–water partition coefficient (Wildman–Crippen LogP) is 0.482. The van der Waals surface area contributed by atoms with Crippen molar-refractivity contribution in [2.24, 2.45) is 17.4 Å². The van der Waals surface area contributed by atoms with Gasteiger partial charge >= 0.3 is 5.97 Å². The Balaban J connectivity index is 1.73. The van der Waals surface area contributed by atoms with Crippen molar-refractivity contribution in [3.8, 4) is 0 Å². The summed E-state index contributed by atoms with van der Waals surface area (Å²) >= 11 is 0. The van der Waals surface area contributed by atoms with Crippen LogP contribution in [0.1, 0.15) is 44.6 Å². The lowest BCUT2D eigenvalue weighted by Crippen LogP contribution is -2.46. The van der Waals surface area contributed by atoms with E-state index < -0.39 is 29.8 Å². The minimum absolute atomic E-state index is 0.0457. The molecule has 2 aliphatic rings. The number of amides is 2. The molecule has 2 aromatic heterocycles. The lowest BCUT2D eigenvalue weighted by molar-refractivity contribution is -0.145. The predicted molar refractivity (Wildman–Crippen MR) is 118 cm³/mol. The molecule has 1 saturated carbocycles. The highest BCUT2D eigenvalue weighted by Crippen LogP contribution is 2.37. The minimum atomic E-state index is -1.71. The number of nitrogens with two attached hydrogens (primary N) is 2. The van der Waals surface area contributed by atoms with Crippen molar-refractivity contribution < 1.29 is 24.3 Å². The summed E-state index contributed by atoms with van der Waals surface area (Å²) in [5, 5.41) is 18.0. The van der Waals surface area contributed by atoms with Crippen molar-refractivity contribution in [2.75, 3.05) is 5.32 Å². The number of hydroxylamine groups is 1. The van der Waals surface area contributed by atoms with Crippen molar-refractivity contribution in [1.82, 2.24) is 20.2 Å². The number of primary amides is 2. The third-order valence-electron chi connectivity index (χ3n) is 6.26. The molecule has 0 aromatic carbocycles. The van der Waals surface area contributed by atoms with Crippen LogP contribution < -0.4 is 22.3 Å². The number of carbonyl (C=O) groups is 3. The Morgan fingerprint density at radius 1 is 1.27 bits per heavy atom. The Kier molecular flexibility index (Phi) is 5.93. The first-order valence-corrected chi connectivity index (χ1v) is 10.8. The van der Waals surface area contributed by atoms with Crippen molar-refractivity contribution in [3.63, 3.8) is 0 Å². The molecule has 12 nitrogen and oxygen atoms in total. The summed E-state index contributed by atoms with van der Waals surface area (Å²) in [4.78, 5) is 44.9. The maximum absolute atomic E-state index is 12.1. The molecule has 0 saturated heterocycles. The van der Waals surface area contributed by atoms with Crippen LogP contribution in [-0.2, 0) is 25.8 Å². The Labute approximate surface area is 189 Å². The van der Waals surface area contributed by atoms with Gasteiger partial charge in [0.05, 0.1) is 35.3 Å². The molecular formula is C21H27N7O5. The fraction of sp³-hybridized carbons (Fsp3) is 0.476. The van der Waals surface area contributed by atoms with E-state index in [0.717, 1.165) is 11.1 Å². The van der Waals surface area contributed by atoms with Crippen LogP contribution in [0.25, 0.3) is 16.7 Å². The smallest absolute Gasteiger partial charge is 0.306 e. The SMILES string of the molecule is CCn1ncc2c(NC3CCC(C(=O)O)CC3)c(C3=CC(CC(N)=O)(C(N)=O)ON3)cnc21. The van der Waals surface area contributed by atoms with Crippen LogP contribution in [0.2, 0.25) is 0 Å². The first-order valence-electron chi connectivity index (χ1n) is 10.8. The topological polar surface area (TPSA) is 187 Å². The van der Waals surface area contributed by atoms with E-state index in [2.05, 4.69) is 20.9 Å². The molecular weight excluding hydrogens is 430 g/mol. The van der Waals surface area contributed by atoms with E-state index in [9.17, 15) is 19.5 Å². The summed E-state index contributed by atoms with van der Waals surface area (Å²) in [7, 11) is 0. The van der Waals surface area contributed by atoms with Gasteiger partial charge in [-0.2, -0.15) is 5.10 Å². The third-order valence-corrected chi connectivity index (χ3v) is 6.26. The molecule has 1 atom stereocenters. The maximum Gasteiger partial charge on any atom is 0.306 e. The Morgan fingerprint density at radius 2 is 2.00 bits per heavy atom. The van der Waals surface area contributed by atoms with Gasteiger partial charge in [-0.15, -0.1) is 0 Å². The molecule has 1 aliphatic heterocycles. The van der Waals surface area contributed by atoms with Crippen molar-refractivity contribution in [2.45, 2.75) is 57.2 Å². The van der Waals surface area contributed by atoms with Gasteiger partial charge in [-0.1, -0.05) is 0 Å². The zero-order chi connectivity index (χ0) is 23.8. The number of rotatable bonds is 8. The van der Waals surface area contributed by atoms with Gasteiger partial charge in [0.25, 0.3) is 5.91 Å². The molecule has 1 unspecified atom stereocenters. The number of hydrogen-bond acceptors (Lipinski definition) is 8. The molecule has 2 aromatic rings. The van der Waals surface area contributed by atoms with Gasteiger partial charge in [-0.05, 0) is 38.7 Å². The van der Waals surface area contributed by atoms with E-state index >= 15 is 0 Å². The quantitative estimate of drug-likeness (QED) is 0.375. The van der Waals surface area contributed by atoms with E-state index in [1.165, 1.54) is 6.08 Å². The zero-order valence-electron chi connectivity index (χ0n) is 18.2. The molecule has 1 aliphatic carbocycles. The molecule has 0 spiro atoms. The summed E-state index contributed by atoms with van der Waals surface area (Å²) in [6.45, 7) is 2.59. The number of fused-ring (bicyclic) bond motifs is 1. The molecule has 7 N–H and O–H groups in total. The first kappa shape index (κ1) is 22.5. The number of carbonyl (C=O) groups excluding carboxylic acids is 2. The molecule has 2 amide bonds. The number of nitrogens with one attached hydrogen (secondary N) is 2. The van der Waals surface area contributed by atoms with Crippen LogP contribution in [0.15, 0.2) is 18.5 Å². The molecule has 1 fully saturated rings. The van der Waals surface area contributed by atoms with Crippen molar-refractivity contribution in [3.05, 3.63) is 24.0 Å². The second kappa shape index (κ2) is 8.70. The number of aryl methyl sites for hydroxylation is 1. The number of carboxylic acid groups (broad SMARTS) is 1. The summed E-state index contributed by atoms with van der Waals surface area (Å²) in [5.74, 6) is -2.68. The summed E-state index contributed by atoms with van der Waals surface area (Å²) in [5.41, 5.74) is 14.2. The van der Waals surface area contributed by atoms with Gasteiger partial charge in [0.1, 0.15) is 0 Å². The first-order chi connectivity index (χ1) is 15.7. The molecule has 33 heavy (non-hydrogen) atoms. The van der Waals surface area contributed by atoms with Crippen LogP contribution in [-0.4, -0.2) is 49.3 Å². The minimum Gasteiger partial charge on any atom is -0.481 e. The number of pyridine rings is 1. The summed E-state index contributed by atoms with van der Waals surface area (Å²) < 4.78 is 1.76. The van der Waals surface area contributed by atoms with E-state index in [0.29, 0.717) is 49.1 Å². The van der Waals surface area contributed by atoms with Gasteiger partial charge in [0.2, 0.25) is 11.5 Å². The average molecular weight is 457 g/mol. The number of aromatic nitrogens is 3. The largest absolute Gasteiger partial charge is 0.481 e. The number of hydrogen-bond donors (Lipinski definition) is 5. The van der Waals surface area contributed by atoms with Crippen LogP contribution in [0.5, 0.6) is 0 Å². The maximum atomic E-state index is 12.1. The standard InChI is InChI=1S/C21H27N7O5/c1-2-28-18-14(10-25-28)17(26-12-5-3-11(4-6-12)19(30)31)13(9-24-18)15-7-21(20(23)32,33-27-15)8-16(22)29/h7,9-12,27H,2-6,8H2,1H3,(H2,22,29)(H2,23,32)(H,24,26)(H,30,31). The third kappa shape index (κ3) is 4.21. The van der Waals surface area contributed by atoms with Gasteiger partial charge in [0, 0.05) is 24.3 Å². The van der Waals surface area contributed by atoms with E-state index in [1.54, 1.807) is 17.1 Å². The summed E-state index contributed by atoms with van der Waals surface area (Å²) in [6.07, 6.45) is 6.92. The molecule has 0 bridgehead atoms.